The molecule has 0 radical (unpaired) electrons. The van der Waals surface area contributed by atoms with Crippen LogP contribution in [0.25, 0.3) is 0 Å². The number of sulfone groups is 1. The van der Waals surface area contributed by atoms with Crippen LogP contribution < -0.4 is 5.32 Å². The Hall–Kier alpha value is -1.04. The molecule has 0 bridgehead atoms. The molecule has 0 amide bonds. The smallest absolute Gasteiger partial charge is 0.175 e. The van der Waals surface area contributed by atoms with E-state index >= 15 is 0 Å². The first-order chi connectivity index (χ1) is 9.29. The van der Waals surface area contributed by atoms with Crippen LogP contribution >= 0.6 is 22.9 Å². The Morgan fingerprint density at radius 1 is 1.30 bits per heavy atom. The zero-order valence-corrected chi connectivity index (χ0v) is 13.9. The van der Waals surface area contributed by atoms with Crippen LogP contribution in [0.2, 0.25) is 5.02 Å². The van der Waals surface area contributed by atoms with Crippen LogP contribution in [0.3, 0.4) is 0 Å². The number of hydrogen-bond donors (Lipinski definition) is 1. The van der Waals surface area contributed by atoms with E-state index < -0.39 is 9.84 Å². The van der Waals surface area contributed by atoms with Gasteiger partial charge in [0.2, 0.25) is 0 Å². The number of rotatable bonds is 4. The summed E-state index contributed by atoms with van der Waals surface area (Å²) >= 11 is 7.81. The van der Waals surface area contributed by atoms with Gasteiger partial charge in [0.05, 0.1) is 21.6 Å². The molecule has 6 heteroatoms. The third kappa shape index (κ3) is 3.34. The molecule has 0 aliphatic carbocycles. The van der Waals surface area contributed by atoms with E-state index in [0.717, 1.165) is 0 Å². The zero-order chi connectivity index (χ0) is 14.9. The van der Waals surface area contributed by atoms with Crippen molar-refractivity contribution in [1.82, 2.24) is 0 Å². The summed E-state index contributed by atoms with van der Waals surface area (Å²) in [5, 5.41) is 5.83. The molecule has 0 fully saturated rings. The molecule has 108 valence electrons. The summed E-state index contributed by atoms with van der Waals surface area (Å²) in [7, 11) is -3.24. The highest BCUT2D eigenvalue weighted by Crippen LogP contribution is 2.31. The van der Waals surface area contributed by atoms with Gasteiger partial charge in [0.25, 0.3) is 0 Å². The number of nitrogens with one attached hydrogen (secondary N) is 1. The van der Waals surface area contributed by atoms with E-state index in [9.17, 15) is 8.42 Å². The molecule has 0 saturated carbocycles. The predicted molar refractivity (Wildman–Crippen MR) is 85.7 cm³/mol. The Balaban J connectivity index is 2.32. The topological polar surface area (TPSA) is 46.2 Å². The molecule has 1 heterocycles. The van der Waals surface area contributed by atoms with Crippen molar-refractivity contribution in [1.29, 1.82) is 0 Å². The minimum atomic E-state index is -3.24. The van der Waals surface area contributed by atoms with Gasteiger partial charge in [-0.3, -0.25) is 0 Å². The van der Waals surface area contributed by atoms with E-state index in [1.165, 1.54) is 22.8 Å². The lowest BCUT2D eigenvalue weighted by Crippen LogP contribution is -2.07. The molecule has 3 nitrogen and oxygen atoms in total. The highest BCUT2D eigenvalue weighted by atomic mass is 35.5. The average Bonchev–Trinajstić information content (AvgIpc) is 2.77. The second kappa shape index (κ2) is 5.76. The third-order valence-electron chi connectivity index (χ3n) is 3.03. The molecule has 0 spiro atoms. The summed E-state index contributed by atoms with van der Waals surface area (Å²) in [6.45, 7) is 4.08. The Labute approximate surface area is 128 Å². The number of aryl methyl sites for hydroxylation is 1. The molecule has 2 aromatic rings. The predicted octanol–water partition coefficient (Wildman–Crippen LogP) is 4.29. The molecule has 1 aromatic heterocycles. The molecule has 1 N–H and O–H groups in total. The molecule has 0 saturated heterocycles. The van der Waals surface area contributed by atoms with Crippen molar-refractivity contribution >= 4 is 38.5 Å². The molecule has 20 heavy (non-hydrogen) atoms. The Morgan fingerprint density at radius 3 is 2.55 bits per heavy atom. The summed E-state index contributed by atoms with van der Waals surface area (Å²) in [4.78, 5) is 1.48. The second-order valence-corrected chi connectivity index (χ2v) is 8.12. The minimum Gasteiger partial charge on any atom is -0.376 e. The van der Waals surface area contributed by atoms with Gasteiger partial charge in [-0.25, -0.2) is 8.42 Å². The summed E-state index contributed by atoms with van der Waals surface area (Å²) in [5.41, 5.74) is 1.85. The van der Waals surface area contributed by atoms with Crippen LogP contribution in [-0.2, 0) is 9.84 Å². The maximum atomic E-state index is 11.6. The quantitative estimate of drug-likeness (QED) is 0.910. The van der Waals surface area contributed by atoms with Crippen molar-refractivity contribution in [3.8, 4) is 0 Å². The fourth-order valence-corrected chi connectivity index (χ4v) is 3.73. The lowest BCUT2D eigenvalue weighted by molar-refractivity contribution is 0.602. The lowest BCUT2D eigenvalue weighted by atomic mass is 10.2. The fraction of sp³-hybridized carbons (Fsp3) is 0.286. The Morgan fingerprint density at radius 2 is 2.00 bits per heavy atom. The van der Waals surface area contributed by atoms with Gasteiger partial charge in [0.1, 0.15) is 0 Å². The van der Waals surface area contributed by atoms with Gasteiger partial charge in [-0.15, -0.1) is 11.3 Å². The molecular weight excluding hydrogens is 314 g/mol. The molecule has 1 atom stereocenters. The van der Waals surface area contributed by atoms with Crippen LogP contribution in [0.1, 0.15) is 23.4 Å². The first-order valence-electron chi connectivity index (χ1n) is 6.09. The molecule has 0 aliphatic rings. The summed E-state index contributed by atoms with van der Waals surface area (Å²) < 4.78 is 23.2. The van der Waals surface area contributed by atoms with E-state index in [1.54, 1.807) is 23.5 Å². The maximum absolute atomic E-state index is 11.6. The number of benzene rings is 1. The molecule has 1 aromatic carbocycles. The summed E-state index contributed by atoms with van der Waals surface area (Å²) in [5.74, 6) is 0. The van der Waals surface area contributed by atoms with Crippen LogP contribution in [-0.4, -0.2) is 14.7 Å². The fourth-order valence-electron chi connectivity index (χ4n) is 1.97. The van der Waals surface area contributed by atoms with Crippen molar-refractivity contribution in [2.45, 2.75) is 24.8 Å². The Bertz CT molecular complexity index is 723. The number of thiophene rings is 1. The van der Waals surface area contributed by atoms with Gasteiger partial charge in [0, 0.05) is 11.1 Å². The van der Waals surface area contributed by atoms with Crippen molar-refractivity contribution in [2.75, 3.05) is 11.6 Å². The van der Waals surface area contributed by atoms with Crippen molar-refractivity contribution < 1.29 is 8.42 Å². The standard InChI is InChI=1S/C14H16ClNO2S2/c1-9-6-7-19-14(9)10(2)16-13-8-11(20(3,17)18)4-5-12(13)15/h4-8,10,16H,1-3H3. The van der Waals surface area contributed by atoms with Gasteiger partial charge >= 0.3 is 0 Å². The van der Waals surface area contributed by atoms with E-state index in [1.807, 2.05) is 12.3 Å². The maximum Gasteiger partial charge on any atom is 0.175 e. The van der Waals surface area contributed by atoms with E-state index in [0.29, 0.717) is 10.7 Å². The molecule has 2 rings (SSSR count). The van der Waals surface area contributed by atoms with Crippen LogP contribution in [0.5, 0.6) is 0 Å². The summed E-state index contributed by atoms with van der Waals surface area (Å²) in [6.07, 6.45) is 1.19. The second-order valence-electron chi connectivity index (χ2n) is 4.75. The largest absolute Gasteiger partial charge is 0.376 e. The zero-order valence-electron chi connectivity index (χ0n) is 11.5. The van der Waals surface area contributed by atoms with E-state index in [-0.39, 0.29) is 10.9 Å². The van der Waals surface area contributed by atoms with Gasteiger partial charge < -0.3 is 5.32 Å². The van der Waals surface area contributed by atoms with Crippen LogP contribution in [0.15, 0.2) is 34.5 Å². The highest BCUT2D eigenvalue weighted by molar-refractivity contribution is 7.90. The first kappa shape index (κ1) is 15.4. The molecule has 1 unspecified atom stereocenters. The third-order valence-corrected chi connectivity index (χ3v) is 5.67. The number of anilines is 1. The average molecular weight is 330 g/mol. The number of halogens is 1. The molecule has 0 aliphatic heterocycles. The monoisotopic (exact) mass is 329 g/mol. The minimum absolute atomic E-state index is 0.0716. The lowest BCUT2D eigenvalue weighted by Gasteiger charge is -2.17. The van der Waals surface area contributed by atoms with Gasteiger partial charge in [0.15, 0.2) is 9.84 Å². The van der Waals surface area contributed by atoms with Gasteiger partial charge in [-0.2, -0.15) is 0 Å². The van der Waals surface area contributed by atoms with Crippen molar-refractivity contribution in [3.63, 3.8) is 0 Å². The Kier molecular flexibility index (Phi) is 4.42. The number of hydrogen-bond acceptors (Lipinski definition) is 4. The van der Waals surface area contributed by atoms with E-state index in [2.05, 4.69) is 18.3 Å². The normalized spacial score (nSPS) is 13.2. The highest BCUT2D eigenvalue weighted by Gasteiger charge is 2.14. The SMILES string of the molecule is Cc1ccsc1C(C)Nc1cc(S(C)(=O)=O)ccc1Cl. The van der Waals surface area contributed by atoms with Crippen molar-refractivity contribution in [3.05, 3.63) is 45.1 Å². The molecular formula is C14H16ClNO2S2. The van der Waals surface area contributed by atoms with E-state index in [4.69, 9.17) is 11.6 Å². The van der Waals surface area contributed by atoms with Crippen molar-refractivity contribution in [2.24, 2.45) is 0 Å². The van der Waals surface area contributed by atoms with Crippen LogP contribution in [0.4, 0.5) is 5.69 Å². The summed E-state index contributed by atoms with van der Waals surface area (Å²) in [6, 6.07) is 6.84. The van der Waals surface area contributed by atoms with Crippen LogP contribution in [0, 0.1) is 6.92 Å². The van der Waals surface area contributed by atoms with Gasteiger partial charge in [-0.05, 0) is 49.1 Å². The van der Waals surface area contributed by atoms with Gasteiger partial charge in [-0.1, -0.05) is 11.6 Å². The first-order valence-corrected chi connectivity index (χ1v) is 9.24.